The lowest BCUT2D eigenvalue weighted by molar-refractivity contribution is 0.246. The Morgan fingerprint density at radius 2 is 1.55 bits per heavy atom. The maximum Gasteiger partial charge on any atom is 0.331 e. The Morgan fingerprint density at radius 3 is 1.82 bits per heavy atom. The van der Waals surface area contributed by atoms with Gasteiger partial charge in [0.25, 0.3) is 0 Å². The van der Waals surface area contributed by atoms with Crippen molar-refractivity contribution in [1.29, 1.82) is 0 Å². The Kier molecular flexibility index (Phi) is 5.12. The van der Waals surface area contributed by atoms with Gasteiger partial charge in [0, 0.05) is 0 Å². The van der Waals surface area contributed by atoms with Gasteiger partial charge < -0.3 is 9.05 Å². The van der Waals surface area contributed by atoms with Crippen molar-refractivity contribution < 1.29 is 13.6 Å². The number of hydrogen-bond acceptors (Lipinski definition) is 3. The SMILES string of the molecule is [CH2]P(=O)(OCC=C)OCC=C. The predicted molar refractivity (Wildman–Crippen MR) is 45.3 cm³/mol. The van der Waals surface area contributed by atoms with Gasteiger partial charge in [0.2, 0.25) is 0 Å². The van der Waals surface area contributed by atoms with Crippen molar-refractivity contribution in [2.24, 2.45) is 0 Å². The van der Waals surface area contributed by atoms with E-state index in [1.807, 2.05) is 0 Å². The zero-order chi connectivity index (χ0) is 8.74. The normalized spacial score (nSPS) is 11.0. The average molecular weight is 175 g/mol. The molecule has 1 radical (unpaired) electrons. The van der Waals surface area contributed by atoms with E-state index in [-0.39, 0.29) is 13.2 Å². The van der Waals surface area contributed by atoms with Crippen LogP contribution >= 0.6 is 7.60 Å². The van der Waals surface area contributed by atoms with Gasteiger partial charge in [-0.25, -0.2) is 0 Å². The summed E-state index contributed by atoms with van der Waals surface area (Å²) >= 11 is 0. The molecule has 0 aromatic heterocycles. The van der Waals surface area contributed by atoms with Crippen LogP contribution in [0.25, 0.3) is 0 Å². The van der Waals surface area contributed by atoms with Crippen LogP contribution in [0.4, 0.5) is 0 Å². The molecule has 0 saturated carbocycles. The van der Waals surface area contributed by atoms with E-state index < -0.39 is 7.60 Å². The minimum atomic E-state index is -3.12. The molecule has 0 amide bonds. The Hall–Kier alpha value is -0.370. The Morgan fingerprint density at radius 1 is 1.18 bits per heavy atom. The summed E-state index contributed by atoms with van der Waals surface area (Å²) < 4.78 is 20.6. The molecule has 0 heterocycles. The molecule has 0 N–H and O–H groups in total. The molecule has 0 spiro atoms. The van der Waals surface area contributed by atoms with E-state index >= 15 is 0 Å². The molecule has 4 heteroatoms. The van der Waals surface area contributed by atoms with Crippen LogP contribution in [0.15, 0.2) is 25.3 Å². The molecule has 3 nitrogen and oxygen atoms in total. The highest BCUT2D eigenvalue weighted by atomic mass is 31.2. The minimum Gasteiger partial charge on any atom is -0.304 e. The lowest BCUT2D eigenvalue weighted by Crippen LogP contribution is -1.92. The summed E-state index contributed by atoms with van der Waals surface area (Å²) in [7, 11) is -3.12. The quantitative estimate of drug-likeness (QED) is 0.459. The van der Waals surface area contributed by atoms with Gasteiger partial charge in [-0.05, 0) is 0 Å². The van der Waals surface area contributed by atoms with E-state index in [0.29, 0.717) is 0 Å². The standard InChI is InChI=1S/C7H12O3P/c1-4-6-9-11(3,8)10-7-5-2/h4-5H,1-3,6-7H2. The fraction of sp³-hybridized carbons (Fsp3) is 0.286. The monoisotopic (exact) mass is 175 g/mol. The second-order valence-corrected chi connectivity index (χ2v) is 3.52. The van der Waals surface area contributed by atoms with E-state index in [1.54, 1.807) is 0 Å². The first-order chi connectivity index (χ1) is 5.12. The molecule has 0 saturated heterocycles. The predicted octanol–water partition coefficient (Wildman–Crippen LogP) is 2.38. The highest BCUT2D eigenvalue weighted by Crippen LogP contribution is 2.45. The van der Waals surface area contributed by atoms with Crippen LogP contribution in [0.1, 0.15) is 0 Å². The summed E-state index contributed by atoms with van der Waals surface area (Å²) in [6.45, 7) is 10.4. The van der Waals surface area contributed by atoms with Gasteiger partial charge >= 0.3 is 7.60 Å². The topological polar surface area (TPSA) is 35.5 Å². The summed E-state index contributed by atoms with van der Waals surface area (Å²) in [4.78, 5) is 0. The molecule has 0 aromatic rings. The Bertz CT molecular complexity index is 161. The van der Waals surface area contributed by atoms with Crippen LogP contribution in [-0.4, -0.2) is 13.2 Å². The summed E-state index contributed by atoms with van der Waals surface area (Å²) in [5.41, 5.74) is 0. The lowest BCUT2D eigenvalue weighted by atomic mass is 10.7. The third kappa shape index (κ3) is 6.05. The third-order valence-electron chi connectivity index (χ3n) is 0.778. The van der Waals surface area contributed by atoms with Crippen molar-refractivity contribution in [3.05, 3.63) is 32.0 Å². The second kappa shape index (κ2) is 5.30. The van der Waals surface area contributed by atoms with E-state index in [1.165, 1.54) is 12.2 Å². The summed E-state index contributed by atoms with van der Waals surface area (Å²) in [6.07, 6.45) is 2.96. The van der Waals surface area contributed by atoms with E-state index in [2.05, 4.69) is 19.8 Å². The first-order valence-corrected chi connectivity index (χ1v) is 4.80. The van der Waals surface area contributed by atoms with Crippen LogP contribution in [0.2, 0.25) is 0 Å². The third-order valence-corrected chi connectivity index (χ3v) is 1.86. The Labute approximate surface area is 67.2 Å². The summed E-state index contributed by atoms with van der Waals surface area (Å²) in [5, 5.41) is 0. The van der Waals surface area contributed by atoms with Crippen LogP contribution in [0.3, 0.4) is 0 Å². The van der Waals surface area contributed by atoms with Crippen LogP contribution < -0.4 is 0 Å². The van der Waals surface area contributed by atoms with Gasteiger partial charge in [-0.3, -0.25) is 4.57 Å². The molecule has 0 aliphatic rings. The Balaban J connectivity index is 3.69. The van der Waals surface area contributed by atoms with Crippen molar-refractivity contribution in [3.63, 3.8) is 0 Å². The smallest absolute Gasteiger partial charge is 0.304 e. The molecule has 0 aliphatic carbocycles. The zero-order valence-electron chi connectivity index (χ0n) is 6.36. The molecule has 0 aromatic carbocycles. The van der Waals surface area contributed by atoms with E-state index in [9.17, 15) is 4.57 Å². The molecular weight excluding hydrogens is 163 g/mol. The molecule has 0 unspecified atom stereocenters. The zero-order valence-corrected chi connectivity index (χ0v) is 7.26. The fourth-order valence-corrected chi connectivity index (χ4v) is 1.11. The minimum absolute atomic E-state index is 0.178. The molecular formula is C7H12O3P. The summed E-state index contributed by atoms with van der Waals surface area (Å²) in [5.74, 6) is 0. The van der Waals surface area contributed by atoms with Crippen LogP contribution in [-0.2, 0) is 13.6 Å². The maximum atomic E-state index is 11.1. The van der Waals surface area contributed by atoms with Crippen molar-refractivity contribution in [1.82, 2.24) is 0 Å². The maximum absolute atomic E-state index is 11.1. The van der Waals surface area contributed by atoms with Crippen molar-refractivity contribution in [2.45, 2.75) is 0 Å². The first kappa shape index (κ1) is 10.6. The summed E-state index contributed by atoms with van der Waals surface area (Å²) in [6, 6.07) is 0. The van der Waals surface area contributed by atoms with Crippen molar-refractivity contribution >= 4 is 7.60 Å². The molecule has 0 atom stereocenters. The van der Waals surface area contributed by atoms with Gasteiger partial charge in [-0.15, -0.1) is 13.2 Å². The van der Waals surface area contributed by atoms with Gasteiger partial charge in [-0.2, -0.15) is 0 Å². The molecule has 0 bridgehead atoms. The first-order valence-electron chi connectivity index (χ1n) is 3.07. The van der Waals surface area contributed by atoms with Crippen LogP contribution in [0, 0.1) is 6.66 Å². The largest absolute Gasteiger partial charge is 0.331 e. The molecule has 0 rings (SSSR count). The van der Waals surface area contributed by atoms with E-state index in [4.69, 9.17) is 9.05 Å². The van der Waals surface area contributed by atoms with E-state index in [0.717, 1.165) is 0 Å². The van der Waals surface area contributed by atoms with Crippen LogP contribution in [0.5, 0.6) is 0 Å². The molecule has 63 valence electrons. The number of rotatable bonds is 6. The lowest BCUT2D eigenvalue weighted by Gasteiger charge is -2.10. The second-order valence-electron chi connectivity index (χ2n) is 1.78. The van der Waals surface area contributed by atoms with Crippen molar-refractivity contribution in [3.8, 4) is 0 Å². The highest BCUT2D eigenvalue weighted by molar-refractivity contribution is 7.55. The van der Waals surface area contributed by atoms with Gasteiger partial charge in [-0.1, -0.05) is 12.2 Å². The number of hydrogen-bond donors (Lipinski definition) is 0. The van der Waals surface area contributed by atoms with Gasteiger partial charge in [0.1, 0.15) is 0 Å². The molecule has 0 fully saturated rings. The molecule has 11 heavy (non-hydrogen) atoms. The highest BCUT2D eigenvalue weighted by Gasteiger charge is 2.14. The van der Waals surface area contributed by atoms with Gasteiger partial charge in [0.15, 0.2) is 0 Å². The molecule has 0 aliphatic heterocycles. The fourth-order valence-electron chi connectivity index (χ4n) is 0.370. The average Bonchev–Trinajstić information content (AvgIpc) is 1.97. The van der Waals surface area contributed by atoms with Crippen molar-refractivity contribution in [2.75, 3.05) is 13.2 Å². The van der Waals surface area contributed by atoms with Gasteiger partial charge in [0.05, 0.1) is 19.9 Å².